The van der Waals surface area contributed by atoms with E-state index in [1.807, 2.05) is 0 Å². The third-order valence-electron chi connectivity index (χ3n) is 3.78. The molecule has 6 nitrogen and oxygen atoms in total. The molecular formula is C18H14Cl2N2O4S2. The van der Waals surface area contributed by atoms with E-state index in [9.17, 15) is 16.8 Å². The molecule has 3 rings (SSSR count). The molecule has 2 aromatic carbocycles. The van der Waals surface area contributed by atoms with Crippen molar-refractivity contribution in [2.24, 2.45) is 8.80 Å². The summed E-state index contributed by atoms with van der Waals surface area (Å²) in [6.07, 6.45) is 2.60. The van der Waals surface area contributed by atoms with Crippen molar-refractivity contribution < 1.29 is 16.8 Å². The first-order valence-corrected chi connectivity index (χ1v) is 11.7. The fraction of sp³-hybridized carbons (Fsp3) is 0.111. The summed E-state index contributed by atoms with van der Waals surface area (Å²) in [6, 6.07) is 15.3. The Morgan fingerprint density at radius 1 is 0.607 bits per heavy atom. The molecule has 0 unspecified atom stereocenters. The number of nitrogens with zero attached hydrogens (tertiary/aromatic N) is 2. The number of hydrogen-bond donors (Lipinski definition) is 0. The van der Waals surface area contributed by atoms with Crippen LogP contribution in [0, 0.1) is 0 Å². The molecule has 0 aliphatic heterocycles. The number of halogens is 2. The largest absolute Gasteiger partial charge is 0.282 e. The minimum atomic E-state index is -3.98. The van der Waals surface area contributed by atoms with Crippen LogP contribution in [-0.4, -0.2) is 39.0 Å². The van der Waals surface area contributed by atoms with E-state index >= 15 is 0 Å². The Morgan fingerprint density at radius 2 is 0.929 bits per heavy atom. The Hall–Kier alpha value is -2.00. The molecule has 0 heterocycles. The van der Waals surface area contributed by atoms with Gasteiger partial charge in [0.05, 0.1) is 32.0 Å². The highest BCUT2D eigenvalue weighted by Gasteiger charge is 2.31. The molecule has 1 aliphatic rings. The van der Waals surface area contributed by atoms with Gasteiger partial charge in [-0.05, 0) is 36.4 Å². The molecule has 2 aromatic rings. The van der Waals surface area contributed by atoms with Crippen LogP contribution >= 0.6 is 23.2 Å². The topological polar surface area (TPSA) is 93.0 Å². The average Bonchev–Trinajstić information content (AvgIpc) is 2.69. The third kappa shape index (κ3) is 4.52. The molecule has 0 aromatic heterocycles. The molecule has 10 heteroatoms. The molecule has 1 aliphatic carbocycles. The summed E-state index contributed by atoms with van der Waals surface area (Å²) in [6.45, 7) is 0. The van der Waals surface area contributed by atoms with Crippen molar-refractivity contribution in [1.82, 2.24) is 0 Å². The van der Waals surface area contributed by atoms with E-state index in [0.717, 1.165) is 0 Å². The van der Waals surface area contributed by atoms with E-state index in [-0.39, 0.29) is 21.2 Å². The zero-order chi connectivity index (χ0) is 20.4. The van der Waals surface area contributed by atoms with Gasteiger partial charge in [0.1, 0.15) is 0 Å². The number of sulfonamides is 2. The number of hydrogen-bond acceptors (Lipinski definition) is 4. The second-order valence-corrected chi connectivity index (χ2v) is 9.89. The van der Waals surface area contributed by atoms with Gasteiger partial charge in [-0.2, -0.15) is 25.6 Å². The van der Waals surface area contributed by atoms with E-state index in [1.165, 1.54) is 36.4 Å². The quantitative estimate of drug-likeness (QED) is 0.658. The van der Waals surface area contributed by atoms with Crippen LogP contribution < -0.4 is 0 Å². The van der Waals surface area contributed by atoms with Gasteiger partial charge in [-0.3, -0.25) is 0 Å². The zero-order valence-corrected chi connectivity index (χ0v) is 17.3. The van der Waals surface area contributed by atoms with E-state index in [1.54, 1.807) is 36.4 Å². The van der Waals surface area contributed by atoms with Gasteiger partial charge >= 0.3 is 0 Å². The maximum Gasteiger partial charge on any atom is 0.282 e. The van der Waals surface area contributed by atoms with Gasteiger partial charge in [0.15, 0.2) is 0 Å². The second kappa shape index (κ2) is 8.16. The minimum Gasteiger partial charge on any atom is -0.199 e. The molecule has 0 bridgehead atoms. The highest BCUT2D eigenvalue weighted by Crippen LogP contribution is 2.24. The normalized spacial score (nSPS) is 23.2. The number of allylic oxidation sites excluding steroid dienone is 2. The lowest BCUT2D eigenvalue weighted by Gasteiger charge is -2.20. The van der Waals surface area contributed by atoms with Gasteiger partial charge in [-0.1, -0.05) is 36.4 Å². The standard InChI is InChI=1S/C18H14Cl2N2O4S2/c19-17-15(21-27(23,24)13-7-3-1-4-8-13)11-12-16(18(17)20)22-28(25,26)14-9-5-2-6-10-14/h1-12,17-18H/t17-,18-/m0/s1. The van der Waals surface area contributed by atoms with Crippen LogP contribution in [-0.2, 0) is 20.0 Å². The Bertz CT molecular complexity index is 1070. The van der Waals surface area contributed by atoms with Gasteiger partial charge in [-0.15, -0.1) is 23.2 Å². The summed E-state index contributed by atoms with van der Waals surface area (Å²) in [7, 11) is -7.95. The highest BCUT2D eigenvalue weighted by atomic mass is 35.5. The summed E-state index contributed by atoms with van der Waals surface area (Å²) >= 11 is 12.5. The predicted octanol–water partition coefficient (Wildman–Crippen LogP) is 3.43. The Kier molecular flexibility index (Phi) is 6.04. The molecule has 0 radical (unpaired) electrons. The van der Waals surface area contributed by atoms with Gasteiger partial charge in [0, 0.05) is 0 Å². The maximum absolute atomic E-state index is 12.4. The van der Waals surface area contributed by atoms with Crippen LogP contribution in [0.15, 0.2) is 91.4 Å². The van der Waals surface area contributed by atoms with E-state index in [0.29, 0.717) is 0 Å². The van der Waals surface area contributed by atoms with Gasteiger partial charge in [-0.25, -0.2) is 0 Å². The predicted molar refractivity (Wildman–Crippen MR) is 111 cm³/mol. The average molecular weight is 457 g/mol. The van der Waals surface area contributed by atoms with Crippen LogP contribution in [0.25, 0.3) is 0 Å². The van der Waals surface area contributed by atoms with Crippen molar-refractivity contribution in [3.8, 4) is 0 Å². The van der Waals surface area contributed by atoms with Crippen molar-refractivity contribution >= 4 is 54.7 Å². The van der Waals surface area contributed by atoms with Crippen LogP contribution in [0.1, 0.15) is 0 Å². The molecule has 0 saturated heterocycles. The van der Waals surface area contributed by atoms with E-state index < -0.39 is 30.8 Å². The van der Waals surface area contributed by atoms with Crippen molar-refractivity contribution in [2.75, 3.05) is 0 Å². The van der Waals surface area contributed by atoms with Crippen molar-refractivity contribution in [2.45, 2.75) is 20.5 Å². The van der Waals surface area contributed by atoms with Crippen LogP contribution in [0.5, 0.6) is 0 Å². The number of alkyl halides is 2. The van der Waals surface area contributed by atoms with Crippen molar-refractivity contribution in [3.05, 3.63) is 72.8 Å². The summed E-state index contributed by atoms with van der Waals surface area (Å²) in [5.41, 5.74) is 0.00292. The molecule has 0 spiro atoms. The van der Waals surface area contributed by atoms with Crippen molar-refractivity contribution in [3.63, 3.8) is 0 Å². The molecule has 0 N–H and O–H groups in total. The minimum absolute atomic E-state index is 0.00146. The molecular weight excluding hydrogens is 443 g/mol. The fourth-order valence-electron chi connectivity index (χ4n) is 2.38. The van der Waals surface area contributed by atoms with Gasteiger partial charge in [0.25, 0.3) is 20.0 Å². The van der Waals surface area contributed by atoms with Crippen LogP contribution in [0.4, 0.5) is 0 Å². The lowest BCUT2D eigenvalue weighted by atomic mass is 10.0. The molecule has 2 atom stereocenters. The second-order valence-electron chi connectivity index (χ2n) is 5.75. The zero-order valence-electron chi connectivity index (χ0n) is 14.2. The molecule has 28 heavy (non-hydrogen) atoms. The Balaban J connectivity index is 1.96. The van der Waals surface area contributed by atoms with Gasteiger partial charge in [0.2, 0.25) is 0 Å². The summed E-state index contributed by atoms with van der Waals surface area (Å²) < 4.78 is 57.1. The maximum atomic E-state index is 12.4. The van der Waals surface area contributed by atoms with Gasteiger partial charge < -0.3 is 0 Å². The first-order chi connectivity index (χ1) is 13.2. The van der Waals surface area contributed by atoms with E-state index in [2.05, 4.69) is 8.80 Å². The fourth-order valence-corrected chi connectivity index (χ4v) is 5.12. The molecule has 146 valence electrons. The lowest BCUT2D eigenvalue weighted by molar-refractivity contribution is 0.596. The lowest BCUT2D eigenvalue weighted by Crippen LogP contribution is -2.35. The number of benzene rings is 2. The third-order valence-corrected chi connectivity index (χ3v) is 7.50. The monoisotopic (exact) mass is 456 g/mol. The number of rotatable bonds is 4. The molecule has 0 amide bonds. The Labute approximate surface area is 173 Å². The highest BCUT2D eigenvalue weighted by molar-refractivity contribution is 7.90. The molecule has 0 fully saturated rings. The van der Waals surface area contributed by atoms with E-state index in [4.69, 9.17) is 23.2 Å². The van der Waals surface area contributed by atoms with Crippen LogP contribution in [0.2, 0.25) is 0 Å². The SMILES string of the molecule is O=S(=O)(N=C1C=CC(=NS(=O)(=O)c2ccccc2)[C@H](Cl)[C@H]1Cl)c1ccccc1. The summed E-state index contributed by atoms with van der Waals surface area (Å²) in [5.74, 6) is 0. The summed E-state index contributed by atoms with van der Waals surface area (Å²) in [4.78, 5) is 0.0222. The van der Waals surface area contributed by atoms with Crippen molar-refractivity contribution in [1.29, 1.82) is 0 Å². The first-order valence-electron chi connectivity index (χ1n) is 7.97. The Morgan fingerprint density at radius 3 is 1.25 bits per heavy atom. The summed E-state index contributed by atoms with van der Waals surface area (Å²) in [5, 5.41) is -2.15. The molecule has 0 saturated carbocycles. The smallest absolute Gasteiger partial charge is 0.199 e. The first kappa shape index (κ1) is 20.7. The van der Waals surface area contributed by atoms with Crippen LogP contribution in [0.3, 0.4) is 0 Å².